The van der Waals surface area contributed by atoms with E-state index in [2.05, 4.69) is 11.4 Å². The number of carbonyl (C=O) groups excluding carboxylic acids is 3. The van der Waals surface area contributed by atoms with Crippen molar-refractivity contribution in [2.24, 2.45) is 0 Å². The standard InChI is InChI=1S/C50H40Cl2N4O7/c1-30(57)55-28-47(36-16-18-40(19-17-36)62-29-33-11-20-41(51)42(52)21-33)63-46-25-39-27-56(49(59)37-5-3-2-4-6-37)45(24-38(39)23-44(46)55)48(58)54-43(50(60)61)22-31-7-12-34(13-8-31)35-14-9-32(26-53)10-15-35/h2-21,23,25,43,45,47H,22,24,27-29H2,1H3,(H,54,58)(H,60,61)/t43-,45-,47?/m0/s1. The molecule has 1 unspecified atom stereocenters. The summed E-state index contributed by atoms with van der Waals surface area (Å²) in [7, 11) is 0. The summed E-state index contributed by atoms with van der Waals surface area (Å²) < 4.78 is 12.5. The second-order valence-corrected chi connectivity index (χ2v) is 16.3. The molecule has 0 aliphatic carbocycles. The minimum absolute atomic E-state index is 0.00126. The summed E-state index contributed by atoms with van der Waals surface area (Å²) in [5.41, 5.74) is 7.07. The van der Waals surface area contributed by atoms with Gasteiger partial charge in [-0.15, -0.1) is 0 Å². The minimum atomic E-state index is -1.29. The second kappa shape index (κ2) is 18.5. The third kappa shape index (κ3) is 9.53. The first-order valence-corrected chi connectivity index (χ1v) is 21.0. The number of fused-ring (bicyclic) bond motifs is 2. The van der Waals surface area contributed by atoms with Crippen LogP contribution >= 0.6 is 23.2 Å². The number of carbonyl (C=O) groups is 4. The molecule has 0 bridgehead atoms. The van der Waals surface area contributed by atoms with Crippen LogP contribution in [0, 0.1) is 11.3 Å². The van der Waals surface area contributed by atoms with E-state index in [1.807, 2.05) is 66.7 Å². The first-order chi connectivity index (χ1) is 30.4. The SMILES string of the molecule is CC(=O)N1CC(c2ccc(OCc3ccc(Cl)c(Cl)c3)cc2)Oc2cc3c(cc21)C[C@@H](C(=O)N[C@@H](Cc1ccc(-c2ccc(C#N)cc2)cc1)C(=O)O)N(C(=O)c1ccccc1)C3. The zero-order chi connectivity index (χ0) is 44.2. The van der Waals surface area contributed by atoms with Crippen LogP contribution in [-0.4, -0.2) is 52.3 Å². The number of nitrogens with zero attached hydrogens (tertiary/aromatic N) is 3. The summed E-state index contributed by atoms with van der Waals surface area (Å²) in [6, 6.07) is 39.2. The Morgan fingerprint density at radius 3 is 2.17 bits per heavy atom. The summed E-state index contributed by atoms with van der Waals surface area (Å²) in [6.45, 7) is 2.02. The van der Waals surface area contributed by atoms with Crippen molar-refractivity contribution < 1.29 is 33.8 Å². The lowest BCUT2D eigenvalue weighted by Gasteiger charge is -2.39. The Hall–Kier alpha value is -7.13. The van der Waals surface area contributed by atoms with Crippen LogP contribution < -0.4 is 19.7 Å². The van der Waals surface area contributed by atoms with Crippen LogP contribution in [0.2, 0.25) is 10.0 Å². The molecule has 316 valence electrons. The smallest absolute Gasteiger partial charge is 0.326 e. The Bertz CT molecular complexity index is 2740. The Morgan fingerprint density at radius 1 is 0.841 bits per heavy atom. The quantitative estimate of drug-likeness (QED) is 0.131. The maximum absolute atomic E-state index is 14.3. The normalized spacial score (nSPS) is 15.8. The lowest BCUT2D eigenvalue weighted by Crippen LogP contribution is -2.56. The second-order valence-electron chi connectivity index (χ2n) is 15.4. The summed E-state index contributed by atoms with van der Waals surface area (Å²) >= 11 is 12.2. The van der Waals surface area contributed by atoms with Crippen LogP contribution in [-0.2, 0) is 40.4 Å². The number of anilines is 1. The van der Waals surface area contributed by atoms with E-state index in [9.17, 15) is 24.3 Å². The number of carboxylic acid groups (broad SMARTS) is 1. The number of hydrogen-bond acceptors (Lipinski definition) is 7. The van der Waals surface area contributed by atoms with Crippen molar-refractivity contribution >= 4 is 52.6 Å². The highest BCUT2D eigenvalue weighted by Gasteiger charge is 2.39. The van der Waals surface area contributed by atoms with Gasteiger partial charge in [-0.3, -0.25) is 14.4 Å². The molecule has 13 heteroatoms. The predicted molar refractivity (Wildman–Crippen MR) is 239 cm³/mol. The van der Waals surface area contributed by atoms with Gasteiger partial charge in [-0.25, -0.2) is 4.79 Å². The first kappa shape index (κ1) is 42.6. The monoisotopic (exact) mass is 878 g/mol. The molecule has 63 heavy (non-hydrogen) atoms. The molecule has 2 heterocycles. The highest BCUT2D eigenvalue weighted by atomic mass is 35.5. The van der Waals surface area contributed by atoms with Gasteiger partial charge in [0.05, 0.1) is 33.9 Å². The molecule has 0 spiro atoms. The van der Waals surface area contributed by atoms with Gasteiger partial charge in [-0.1, -0.05) is 96.0 Å². The number of hydrogen-bond donors (Lipinski definition) is 2. The molecule has 2 aliphatic rings. The van der Waals surface area contributed by atoms with Crippen LogP contribution in [0.3, 0.4) is 0 Å². The third-order valence-electron chi connectivity index (χ3n) is 11.3. The van der Waals surface area contributed by atoms with E-state index in [-0.39, 0.29) is 38.4 Å². The predicted octanol–water partition coefficient (Wildman–Crippen LogP) is 8.98. The number of carboxylic acids is 1. The van der Waals surface area contributed by atoms with Gasteiger partial charge in [0, 0.05) is 31.9 Å². The Balaban J connectivity index is 1.02. The first-order valence-electron chi connectivity index (χ1n) is 20.2. The molecule has 2 N–H and O–H groups in total. The van der Waals surface area contributed by atoms with Gasteiger partial charge < -0.3 is 29.7 Å². The van der Waals surface area contributed by atoms with Gasteiger partial charge in [0.2, 0.25) is 11.8 Å². The molecule has 0 radical (unpaired) electrons. The summed E-state index contributed by atoms with van der Waals surface area (Å²) in [5, 5.41) is 23.1. The highest BCUT2D eigenvalue weighted by Crippen LogP contribution is 2.42. The number of benzene rings is 6. The van der Waals surface area contributed by atoms with Gasteiger partial charge in [0.15, 0.2) is 0 Å². The number of ether oxygens (including phenoxy) is 2. The fourth-order valence-electron chi connectivity index (χ4n) is 7.88. The van der Waals surface area contributed by atoms with Crippen molar-refractivity contribution in [3.63, 3.8) is 0 Å². The van der Waals surface area contributed by atoms with E-state index in [1.54, 1.807) is 71.6 Å². The van der Waals surface area contributed by atoms with Crippen LogP contribution in [0.5, 0.6) is 11.5 Å². The molecule has 6 aromatic rings. The molecule has 6 aromatic carbocycles. The largest absolute Gasteiger partial charge is 0.489 e. The number of halogens is 2. The van der Waals surface area contributed by atoms with Crippen molar-refractivity contribution in [1.82, 2.24) is 10.2 Å². The molecule has 3 atom stereocenters. The lowest BCUT2D eigenvalue weighted by atomic mass is 9.90. The Labute approximate surface area is 374 Å². The Morgan fingerprint density at radius 2 is 1.52 bits per heavy atom. The van der Waals surface area contributed by atoms with Crippen LogP contribution in [0.1, 0.15) is 56.8 Å². The van der Waals surface area contributed by atoms with E-state index >= 15 is 0 Å². The highest BCUT2D eigenvalue weighted by molar-refractivity contribution is 6.42. The molecule has 0 saturated heterocycles. The molecule has 11 nitrogen and oxygen atoms in total. The van der Waals surface area contributed by atoms with E-state index in [4.69, 9.17) is 37.9 Å². The van der Waals surface area contributed by atoms with Gasteiger partial charge in [-0.05, 0) is 99.6 Å². The van der Waals surface area contributed by atoms with Gasteiger partial charge in [0.1, 0.15) is 36.3 Å². The zero-order valence-corrected chi connectivity index (χ0v) is 35.5. The fraction of sp³-hybridized carbons (Fsp3) is 0.180. The van der Waals surface area contributed by atoms with Crippen molar-refractivity contribution in [2.45, 2.75) is 51.1 Å². The maximum Gasteiger partial charge on any atom is 0.326 e. The molecule has 0 aromatic heterocycles. The van der Waals surface area contributed by atoms with Crippen molar-refractivity contribution in [3.05, 3.63) is 182 Å². The topological polar surface area (TPSA) is 149 Å². The molecular formula is C50H40Cl2N4O7. The number of aliphatic carboxylic acids is 1. The average molecular weight is 880 g/mol. The maximum atomic E-state index is 14.3. The molecular weight excluding hydrogens is 839 g/mol. The van der Waals surface area contributed by atoms with Gasteiger partial charge in [-0.2, -0.15) is 5.26 Å². The van der Waals surface area contributed by atoms with E-state index < -0.39 is 36.0 Å². The minimum Gasteiger partial charge on any atom is -0.489 e. The molecule has 3 amide bonds. The zero-order valence-electron chi connectivity index (χ0n) is 34.0. The van der Waals surface area contributed by atoms with Crippen molar-refractivity contribution in [1.29, 1.82) is 5.26 Å². The van der Waals surface area contributed by atoms with E-state index in [1.165, 1.54) is 11.8 Å². The lowest BCUT2D eigenvalue weighted by molar-refractivity contribution is -0.142. The molecule has 8 rings (SSSR count). The van der Waals surface area contributed by atoms with E-state index in [0.717, 1.165) is 33.4 Å². The van der Waals surface area contributed by atoms with Crippen molar-refractivity contribution in [2.75, 3.05) is 11.4 Å². The third-order valence-corrected chi connectivity index (χ3v) is 12.0. The molecule has 0 saturated carbocycles. The number of rotatable bonds is 11. The van der Waals surface area contributed by atoms with Gasteiger partial charge >= 0.3 is 5.97 Å². The van der Waals surface area contributed by atoms with Gasteiger partial charge in [0.25, 0.3) is 5.91 Å². The number of nitriles is 1. The molecule has 0 fully saturated rings. The Kier molecular flexibility index (Phi) is 12.5. The van der Waals surface area contributed by atoms with Crippen LogP contribution in [0.15, 0.2) is 133 Å². The van der Waals surface area contributed by atoms with Crippen LogP contribution in [0.4, 0.5) is 5.69 Å². The number of nitrogens with one attached hydrogen (secondary N) is 1. The van der Waals surface area contributed by atoms with E-state index in [0.29, 0.717) is 43.9 Å². The fourth-order valence-corrected chi connectivity index (χ4v) is 8.20. The summed E-state index contributed by atoms with van der Waals surface area (Å²) in [4.78, 5) is 57.4. The molecule has 2 aliphatic heterocycles. The summed E-state index contributed by atoms with van der Waals surface area (Å²) in [6.07, 6.45) is -0.455. The summed E-state index contributed by atoms with van der Waals surface area (Å²) in [5.74, 6) is -1.36. The average Bonchev–Trinajstić information content (AvgIpc) is 3.30. The van der Waals surface area contributed by atoms with Crippen molar-refractivity contribution in [3.8, 4) is 28.7 Å². The van der Waals surface area contributed by atoms with Crippen LogP contribution in [0.25, 0.3) is 11.1 Å². The number of amides is 3.